The molecule has 0 radical (unpaired) electrons. The van der Waals surface area contributed by atoms with Crippen LogP contribution in [0.3, 0.4) is 0 Å². The van der Waals surface area contributed by atoms with Gasteiger partial charge in [0.2, 0.25) is 0 Å². The molecule has 0 bridgehead atoms. The van der Waals surface area contributed by atoms with Gasteiger partial charge in [-0.25, -0.2) is 0 Å². The van der Waals surface area contributed by atoms with Crippen LogP contribution in [-0.4, -0.2) is 58.8 Å². The fourth-order valence-corrected chi connectivity index (χ4v) is 2.77. The van der Waals surface area contributed by atoms with E-state index in [9.17, 15) is 79.7 Å². The minimum atomic E-state index is -8.69. The van der Waals surface area contributed by atoms with Gasteiger partial charge in [0.05, 0.1) is 12.2 Å². The SMILES string of the molecule is CCC(C)Oc1ccc(C(O)CC(F)(F)C(F)(F)C(F)(F)C(F)(F)C(F)(F)C(F)(F)C(F)(F)C(F)(F)F)cc1. The van der Waals surface area contributed by atoms with Gasteiger partial charge in [0.15, 0.2) is 0 Å². The highest BCUT2D eigenvalue weighted by atomic mass is 19.4. The maximum Gasteiger partial charge on any atom is 0.460 e. The van der Waals surface area contributed by atoms with Crippen LogP contribution >= 0.6 is 0 Å². The van der Waals surface area contributed by atoms with E-state index in [-0.39, 0.29) is 5.75 Å². The molecule has 1 aromatic carbocycles. The van der Waals surface area contributed by atoms with Gasteiger partial charge in [0, 0.05) is 6.42 Å². The normalized spacial score (nSPS) is 16.7. The molecule has 0 heterocycles. The van der Waals surface area contributed by atoms with Crippen molar-refractivity contribution >= 4 is 0 Å². The van der Waals surface area contributed by atoms with Crippen molar-refractivity contribution in [1.82, 2.24) is 0 Å². The van der Waals surface area contributed by atoms with Crippen molar-refractivity contribution < 1.29 is 84.5 Å². The van der Waals surface area contributed by atoms with E-state index in [1.807, 2.05) is 0 Å². The maximum atomic E-state index is 14.1. The number of ether oxygens (including phenoxy) is 1. The number of alkyl halides is 17. The van der Waals surface area contributed by atoms with E-state index < -0.39 is 71.8 Å². The van der Waals surface area contributed by atoms with Gasteiger partial charge in [-0.3, -0.25) is 0 Å². The Morgan fingerprint density at radius 3 is 1.33 bits per heavy atom. The molecule has 0 aliphatic carbocycles. The minimum Gasteiger partial charge on any atom is -0.491 e. The van der Waals surface area contributed by atoms with Gasteiger partial charge < -0.3 is 9.84 Å². The summed E-state index contributed by atoms with van der Waals surface area (Å²) in [5.41, 5.74) is -0.779. The Morgan fingerprint density at radius 1 is 0.615 bits per heavy atom. The van der Waals surface area contributed by atoms with Crippen molar-refractivity contribution in [2.24, 2.45) is 0 Å². The van der Waals surface area contributed by atoms with Crippen molar-refractivity contribution in [3.05, 3.63) is 29.8 Å². The zero-order chi connectivity index (χ0) is 31.3. The zero-order valence-electron chi connectivity index (χ0n) is 19.2. The van der Waals surface area contributed by atoms with Gasteiger partial charge in [-0.05, 0) is 31.0 Å². The molecule has 19 heteroatoms. The Kier molecular flexibility index (Phi) is 9.21. The molecule has 0 saturated heterocycles. The molecule has 0 aromatic heterocycles. The Hall–Kier alpha value is -2.21. The van der Waals surface area contributed by atoms with E-state index in [1.54, 1.807) is 13.8 Å². The fraction of sp³-hybridized carbons (Fsp3) is 0.700. The van der Waals surface area contributed by atoms with Gasteiger partial charge in [-0.1, -0.05) is 19.1 Å². The summed E-state index contributed by atoms with van der Waals surface area (Å²) in [7, 11) is 0. The summed E-state index contributed by atoms with van der Waals surface area (Å²) in [6.45, 7) is 3.26. The third-order valence-corrected chi connectivity index (χ3v) is 5.41. The van der Waals surface area contributed by atoms with Crippen molar-refractivity contribution in [2.45, 2.75) is 86.5 Å². The predicted molar refractivity (Wildman–Crippen MR) is 97.1 cm³/mol. The van der Waals surface area contributed by atoms with Gasteiger partial charge in [-0.15, -0.1) is 0 Å². The molecule has 0 fully saturated rings. The van der Waals surface area contributed by atoms with E-state index in [0.717, 1.165) is 12.1 Å². The third kappa shape index (κ3) is 5.55. The highest BCUT2D eigenvalue weighted by Crippen LogP contribution is 2.64. The quantitative estimate of drug-likeness (QED) is 0.241. The highest BCUT2D eigenvalue weighted by Gasteiger charge is 2.95. The first-order valence-electron chi connectivity index (χ1n) is 10.2. The molecule has 0 saturated carbocycles. The van der Waals surface area contributed by atoms with E-state index in [0.29, 0.717) is 18.6 Å². The second-order valence-electron chi connectivity index (χ2n) is 8.27. The van der Waals surface area contributed by atoms with Crippen LogP contribution in [0.15, 0.2) is 24.3 Å². The van der Waals surface area contributed by atoms with Crippen molar-refractivity contribution in [2.75, 3.05) is 0 Å². The first-order chi connectivity index (χ1) is 17.1. The topological polar surface area (TPSA) is 29.5 Å². The van der Waals surface area contributed by atoms with E-state index in [4.69, 9.17) is 4.74 Å². The number of aliphatic hydroxyl groups excluding tert-OH is 1. The summed E-state index contributed by atoms with van der Waals surface area (Å²) in [4.78, 5) is 0. The molecule has 1 N–H and O–H groups in total. The molecule has 0 amide bonds. The highest BCUT2D eigenvalue weighted by molar-refractivity contribution is 5.29. The second-order valence-corrected chi connectivity index (χ2v) is 8.27. The summed E-state index contributed by atoms with van der Waals surface area (Å²) in [5.74, 6) is -57.0. The van der Waals surface area contributed by atoms with Crippen LogP contribution in [0.5, 0.6) is 5.75 Å². The van der Waals surface area contributed by atoms with Crippen LogP contribution in [0, 0.1) is 0 Å². The second kappa shape index (κ2) is 10.3. The first kappa shape index (κ1) is 34.8. The van der Waals surface area contributed by atoms with E-state index >= 15 is 0 Å². The molecule has 1 aromatic rings. The zero-order valence-corrected chi connectivity index (χ0v) is 19.2. The van der Waals surface area contributed by atoms with Crippen molar-refractivity contribution in [1.29, 1.82) is 0 Å². The number of benzene rings is 1. The van der Waals surface area contributed by atoms with Crippen LogP contribution < -0.4 is 4.74 Å². The molecule has 2 atom stereocenters. The molecule has 0 aliphatic heterocycles. The van der Waals surface area contributed by atoms with Crippen LogP contribution in [0.4, 0.5) is 74.6 Å². The number of hydrogen-bond donors (Lipinski definition) is 1. The van der Waals surface area contributed by atoms with Gasteiger partial charge in [0.1, 0.15) is 5.75 Å². The molecular weight excluding hydrogens is 595 g/mol. The Balaban J connectivity index is 3.41. The molecule has 0 aliphatic rings. The lowest BCUT2D eigenvalue weighted by Gasteiger charge is -2.43. The number of rotatable bonds is 12. The lowest BCUT2D eigenvalue weighted by atomic mass is 9.87. The Bertz CT molecular complexity index is 969. The largest absolute Gasteiger partial charge is 0.491 e. The van der Waals surface area contributed by atoms with Gasteiger partial charge in [-0.2, -0.15) is 74.6 Å². The minimum absolute atomic E-state index is 0.0161. The van der Waals surface area contributed by atoms with Crippen molar-refractivity contribution in [3.63, 3.8) is 0 Å². The third-order valence-electron chi connectivity index (χ3n) is 5.41. The molecule has 2 unspecified atom stereocenters. The smallest absolute Gasteiger partial charge is 0.460 e. The van der Waals surface area contributed by atoms with Crippen molar-refractivity contribution in [3.8, 4) is 5.75 Å². The lowest BCUT2D eigenvalue weighted by Crippen LogP contribution is -2.74. The lowest BCUT2D eigenvalue weighted by molar-refractivity contribution is -0.462. The molecule has 0 spiro atoms. The Labute approximate surface area is 207 Å². The summed E-state index contributed by atoms with van der Waals surface area (Å²) in [6.07, 6.45) is -13.7. The Morgan fingerprint density at radius 2 is 0.974 bits per heavy atom. The average Bonchev–Trinajstić information content (AvgIpc) is 2.77. The van der Waals surface area contributed by atoms with Crippen LogP contribution in [0.1, 0.15) is 38.4 Å². The molecule has 39 heavy (non-hydrogen) atoms. The van der Waals surface area contributed by atoms with E-state index in [2.05, 4.69) is 0 Å². The van der Waals surface area contributed by atoms with Gasteiger partial charge in [0.25, 0.3) is 0 Å². The average molecular weight is 612 g/mol. The molecule has 228 valence electrons. The summed E-state index contributed by atoms with van der Waals surface area (Å²) in [6, 6.07) is 3.31. The number of aliphatic hydroxyl groups is 1. The summed E-state index contributed by atoms with van der Waals surface area (Å²) in [5, 5.41) is 9.71. The standard InChI is InChI=1S/C20H17F17O2/c1-3-9(2)39-11-6-4-10(5-7-11)12(38)8-13(21,22)14(23,24)15(25,26)16(27,28)17(29,30)18(31,32)19(33,34)20(35,36)37/h4-7,9,12,38H,3,8H2,1-2H3. The van der Waals surface area contributed by atoms with Crippen LogP contribution in [0.2, 0.25) is 0 Å². The fourth-order valence-electron chi connectivity index (χ4n) is 2.77. The van der Waals surface area contributed by atoms with Gasteiger partial charge >= 0.3 is 47.6 Å². The monoisotopic (exact) mass is 612 g/mol. The predicted octanol–water partition coefficient (Wildman–Crippen LogP) is 8.30. The number of halogens is 17. The first-order valence-corrected chi connectivity index (χ1v) is 10.2. The maximum absolute atomic E-state index is 14.1. The van der Waals surface area contributed by atoms with Crippen LogP contribution in [0.25, 0.3) is 0 Å². The number of hydrogen-bond acceptors (Lipinski definition) is 2. The van der Waals surface area contributed by atoms with E-state index in [1.165, 1.54) is 0 Å². The summed E-state index contributed by atoms with van der Waals surface area (Å²) < 4.78 is 232. The van der Waals surface area contributed by atoms with Crippen LogP contribution in [-0.2, 0) is 0 Å². The molecule has 2 nitrogen and oxygen atoms in total. The molecular formula is C20H17F17O2. The summed E-state index contributed by atoms with van der Waals surface area (Å²) >= 11 is 0. The molecule has 1 rings (SSSR count).